The molecule has 4 radical (unpaired) electrons. The number of para-hydroxylation sites is 1. The van der Waals surface area contributed by atoms with Crippen LogP contribution in [-0.2, 0) is 60.1 Å². The van der Waals surface area contributed by atoms with Crippen LogP contribution in [0.15, 0.2) is 48.5 Å². The van der Waals surface area contributed by atoms with Crippen LogP contribution in [0.2, 0.25) is 6.32 Å². The molecule has 1 aromatic heterocycles. The molecule has 5 amide bonds. The molecule has 1 saturated heterocycles. The number of nitrogens with one attached hydrogen (secondary N) is 3. The van der Waals surface area contributed by atoms with E-state index in [1.807, 2.05) is 80.9 Å². The lowest BCUT2D eigenvalue weighted by molar-refractivity contribution is -0.134. The third kappa shape index (κ3) is 17.7. The van der Waals surface area contributed by atoms with Gasteiger partial charge in [-0.05, 0) is 77.7 Å². The molecule has 22 heteroatoms. The van der Waals surface area contributed by atoms with E-state index in [0.29, 0.717) is 56.6 Å². The average molecular weight is 987 g/mol. The predicted octanol–water partition coefficient (Wildman–Crippen LogP) is 4.74. The second-order valence-corrected chi connectivity index (χ2v) is 19.5. The maximum atomic E-state index is 14.0. The minimum atomic E-state index is -4.34. The Balaban J connectivity index is 1.05. The zero-order valence-electron chi connectivity index (χ0n) is 41.0. The number of phosphoric ester groups is 1. The van der Waals surface area contributed by atoms with Gasteiger partial charge in [-0.15, -0.1) is 5.10 Å². The summed E-state index contributed by atoms with van der Waals surface area (Å²) in [5.74, 6) is -1.25. The number of nitrogens with zero attached hydrogens (tertiary/aromatic N) is 5. The fourth-order valence-electron chi connectivity index (χ4n) is 8.23. The Kier molecular flexibility index (Phi) is 22.6. The molecule has 2 aromatic carbocycles. The van der Waals surface area contributed by atoms with Gasteiger partial charge in [0.25, 0.3) is 0 Å². The van der Waals surface area contributed by atoms with E-state index >= 15 is 0 Å². The minimum absolute atomic E-state index is 0.00544. The summed E-state index contributed by atoms with van der Waals surface area (Å²) < 4.78 is 36.2. The molecule has 70 heavy (non-hydrogen) atoms. The van der Waals surface area contributed by atoms with Gasteiger partial charge >= 0.3 is 7.82 Å². The fraction of sp³-hybridized carbons (Fsp3) is 0.604. The number of amides is 5. The van der Waals surface area contributed by atoms with E-state index in [-0.39, 0.29) is 107 Å². The van der Waals surface area contributed by atoms with E-state index in [2.05, 4.69) is 26.3 Å². The SMILES string of the molecule is [B]CC(=O)N(CCNC(=O)CCCCCn1nnc2c1-c1ccccc1CN(C(=O)CCC(=O)NCCCCCCOP(=O)(O)O[C@@H]1C[C@H]([B])O[C@@H]1COC(C)C)c1ccccc1-2)CC(=O)NC(C)C. The molecule has 0 bridgehead atoms. The summed E-state index contributed by atoms with van der Waals surface area (Å²) in [6, 6.07) is 14.7. The van der Waals surface area contributed by atoms with E-state index in [4.69, 9.17) is 34.2 Å². The van der Waals surface area contributed by atoms with E-state index in [9.17, 15) is 33.4 Å². The van der Waals surface area contributed by atoms with Crippen LogP contribution in [0.3, 0.4) is 0 Å². The molecule has 19 nitrogen and oxygen atoms in total. The van der Waals surface area contributed by atoms with Crippen LogP contribution < -0.4 is 20.9 Å². The number of aryl methyl sites for hydroxylation is 1. The lowest BCUT2D eigenvalue weighted by atomic mass is 9.95. The third-order valence-corrected chi connectivity index (χ3v) is 12.7. The fourth-order valence-corrected chi connectivity index (χ4v) is 9.21. The molecule has 378 valence electrons. The summed E-state index contributed by atoms with van der Waals surface area (Å²) in [6.07, 6.45) is 3.75. The Morgan fingerprint density at radius 3 is 2.34 bits per heavy atom. The second kappa shape index (κ2) is 28.2. The highest BCUT2D eigenvalue weighted by Crippen LogP contribution is 2.47. The van der Waals surface area contributed by atoms with Crippen molar-refractivity contribution in [2.75, 3.05) is 44.3 Å². The van der Waals surface area contributed by atoms with Crippen molar-refractivity contribution in [3.63, 3.8) is 0 Å². The van der Waals surface area contributed by atoms with E-state index in [1.54, 1.807) is 4.90 Å². The molecular weight excluding hydrogens is 917 g/mol. The minimum Gasteiger partial charge on any atom is -0.380 e. The first-order chi connectivity index (χ1) is 33.5. The monoisotopic (exact) mass is 987 g/mol. The Morgan fingerprint density at radius 1 is 0.886 bits per heavy atom. The summed E-state index contributed by atoms with van der Waals surface area (Å²) in [6.45, 7) is 9.12. The number of hydrogen-bond acceptors (Lipinski definition) is 12. The molecule has 4 atom stereocenters. The zero-order valence-corrected chi connectivity index (χ0v) is 41.9. The molecule has 1 fully saturated rings. The van der Waals surface area contributed by atoms with E-state index < -0.39 is 26.0 Å². The van der Waals surface area contributed by atoms with Gasteiger partial charge < -0.3 is 40.1 Å². The first-order valence-electron chi connectivity index (χ1n) is 24.5. The molecule has 2 aliphatic rings. The molecule has 1 unspecified atom stereocenters. The number of benzene rings is 2. The van der Waals surface area contributed by atoms with Crippen molar-refractivity contribution in [3.05, 3.63) is 54.1 Å². The molecule has 0 spiro atoms. The topological polar surface area (TPSA) is 233 Å². The highest BCUT2D eigenvalue weighted by Gasteiger charge is 2.39. The summed E-state index contributed by atoms with van der Waals surface area (Å²) in [5, 5.41) is 17.7. The van der Waals surface area contributed by atoms with Gasteiger partial charge in [-0.25, -0.2) is 9.25 Å². The molecule has 4 N–H and O–H groups in total. The number of fused-ring (bicyclic) bond motifs is 5. The number of phosphoric acid groups is 1. The Morgan fingerprint density at radius 2 is 1.59 bits per heavy atom. The Hall–Kier alpha value is -4.91. The standard InChI is InChI=1S/C48H69B2N8O11P/c1-33(2)53-44(61)31-56(46(63)29-49)26-24-52-42(59)20-8-7-14-25-58-48-36-17-10-9-16-35(36)30-57(38-19-12-11-18-37(38)47(48)54-55-58)45(62)22-21-43(60)51-23-13-5-6-15-27-67-70(64,65)69-39-28-41(50)68-40(39)32-66-34(3)4/h9-12,16-19,33-34,39-41H,5-8,13-15,20-32H2,1-4H3,(H,51,60)(H,52,59)(H,53,61)(H,64,65)/t39-,40-,41-/m1/s1. The Bertz CT molecular complexity index is 2250. The molecule has 3 heterocycles. The number of unbranched alkanes of at least 4 members (excludes halogenated alkanes) is 5. The van der Waals surface area contributed by atoms with Crippen molar-refractivity contribution in [1.29, 1.82) is 0 Å². The first kappa shape index (κ1) is 56.0. The largest absolute Gasteiger partial charge is 0.472 e. The normalized spacial score (nSPS) is 17.2. The van der Waals surface area contributed by atoms with Gasteiger partial charge in [0.15, 0.2) is 0 Å². The summed E-state index contributed by atoms with van der Waals surface area (Å²) in [4.78, 5) is 77.4. The van der Waals surface area contributed by atoms with Crippen LogP contribution in [0.1, 0.15) is 104 Å². The van der Waals surface area contributed by atoms with Gasteiger partial charge in [-0.3, -0.25) is 33.0 Å². The lowest BCUT2D eigenvalue weighted by Crippen LogP contribution is -2.45. The van der Waals surface area contributed by atoms with Crippen molar-refractivity contribution >= 4 is 58.7 Å². The van der Waals surface area contributed by atoms with Crippen molar-refractivity contribution < 1.29 is 52.0 Å². The zero-order chi connectivity index (χ0) is 50.6. The van der Waals surface area contributed by atoms with Crippen molar-refractivity contribution in [3.8, 4) is 22.5 Å². The van der Waals surface area contributed by atoms with Gasteiger partial charge in [-0.2, -0.15) is 0 Å². The smallest absolute Gasteiger partial charge is 0.380 e. The van der Waals surface area contributed by atoms with Crippen LogP contribution in [0.25, 0.3) is 22.5 Å². The Labute approximate surface area is 414 Å². The van der Waals surface area contributed by atoms with Gasteiger partial charge in [0, 0.05) is 68.6 Å². The third-order valence-electron chi connectivity index (χ3n) is 11.7. The van der Waals surface area contributed by atoms with Gasteiger partial charge in [0.2, 0.25) is 29.5 Å². The number of rotatable bonds is 29. The highest BCUT2D eigenvalue weighted by molar-refractivity contribution is 7.47. The number of carbonyl (C=O) groups is 5. The number of carbonyl (C=O) groups excluding carboxylic acids is 5. The molecule has 2 aliphatic heterocycles. The summed E-state index contributed by atoms with van der Waals surface area (Å²) in [7, 11) is 7.06. The number of hydrogen-bond donors (Lipinski definition) is 4. The van der Waals surface area contributed by atoms with Crippen LogP contribution in [0.5, 0.6) is 0 Å². The summed E-state index contributed by atoms with van der Waals surface area (Å²) >= 11 is 0. The number of anilines is 1. The predicted molar refractivity (Wildman–Crippen MR) is 265 cm³/mol. The van der Waals surface area contributed by atoms with Crippen molar-refractivity contribution in [1.82, 2.24) is 35.8 Å². The molecule has 0 aliphatic carbocycles. The average Bonchev–Trinajstić information content (AvgIpc) is 3.89. The van der Waals surface area contributed by atoms with Crippen LogP contribution in [0.4, 0.5) is 5.69 Å². The first-order valence-corrected chi connectivity index (χ1v) is 25.9. The molecule has 0 saturated carbocycles. The van der Waals surface area contributed by atoms with Gasteiger partial charge in [0.05, 0.1) is 57.7 Å². The van der Waals surface area contributed by atoms with Gasteiger partial charge in [0.1, 0.15) is 19.6 Å². The van der Waals surface area contributed by atoms with Crippen molar-refractivity contribution in [2.45, 2.75) is 148 Å². The maximum absolute atomic E-state index is 14.0. The quantitative estimate of drug-likeness (QED) is 0.0419. The van der Waals surface area contributed by atoms with Crippen molar-refractivity contribution in [2.24, 2.45) is 0 Å². The van der Waals surface area contributed by atoms with E-state index in [0.717, 1.165) is 41.6 Å². The maximum Gasteiger partial charge on any atom is 0.472 e. The number of ether oxygens (including phenoxy) is 2. The van der Waals surface area contributed by atoms with E-state index in [1.165, 1.54) is 4.90 Å². The molecular formula is C48H69B2N8O11P. The highest BCUT2D eigenvalue weighted by atomic mass is 31.2. The van der Waals surface area contributed by atoms with Crippen LogP contribution in [0, 0.1) is 0 Å². The van der Waals surface area contributed by atoms with Crippen LogP contribution >= 0.6 is 7.82 Å². The lowest BCUT2D eigenvalue weighted by Gasteiger charge is -2.28. The van der Waals surface area contributed by atoms with Gasteiger partial charge in [-0.1, -0.05) is 66.9 Å². The summed E-state index contributed by atoms with van der Waals surface area (Å²) in [5.41, 5.74) is 4.68. The molecule has 3 aromatic rings. The van der Waals surface area contributed by atoms with Crippen LogP contribution in [-0.4, -0.2) is 140 Å². The number of aromatic nitrogens is 3. The second-order valence-electron chi connectivity index (χ2n) is 18.1. The molecule has 5 rings (SSSR count).